The number of hydrogen-bond donors (Lipinski definition) is 0. The number of benzene rings is 1. The van der Waals surface area contributed by atoms with Gasteiger partial charge in [0.25, 0.3) is 22.2 Å². The van der Waals surface area contributed by atoms with Crippen molar-refractivity contribution in [3.05, 3.63) is 73.3 Å². The summed E-state index contributed by atoms with van der Waals surface area (Å²) < 4.78 is 4.40. The van der Waals surface area contributed by atoms with Crippen molar-refractivity contribution in [3.63, 3.8) is 0 Å². The molecular formula is C34H38Br2N2O4S2. The summed E-state index contributed by atoms with van der Waals surface area (Å²) in [5.74, 6) is 0.353. The van der Waals surface area contributed by atoms with Crippen LogP contribution in [-0.4, -0.2) is 9.13 Å². The number of nitrogens with zero attached hydrogens (tertiary/aromatic N) is 2. The van der Waals surface area contributed by atoms with E-state index in [2.05, 4.69) is 59.6 Å². The summed E-state index contributed by atoms with van der Waals surface area (Å²) in [5.41, 5.74) is -0.705. The Morgan fingerprint density at radius 2 is 0.932 bits per heavy atom. The third-order valence-corrected chi connectivity index (χ3v) is 12.2. The molecule has 2 unspecified atom stereocenters. The van der Waals surface area contributed by atoms with E-state index in [9.17, 15) is 19.2 Å². The summed E-state index contributed by atoms with van der Waals surface area (Å²) >= 11 is 9.88. The number of halogens is 2. The number of unbranched alkanes of at least 4 members (excludes halogenated alkanes) is 2. The van der Waals surface area contributed by atoms with Gasteiger partial charge in [0.05, 0.1) is 29.1 Å². The molecule has 0 fully saturated rings. The normalized spacial score (nSPS) is 13.4. The number of thiophene rings is 2. The van der Waals surface area contributed by atoms with E-state index in [0.29, 0.717) is 34.0 Å². The molecule has 0 N–H and O–H groups in total. The first-order valence-electron chi connectivity index (χ1n) is 15.6. The molecule has 5 aromatic rings. The number of aromatic nitrogens is 2. The molecule has 0 saturated carbocycles. The van der Waals surface area contributed by atoms with Gasteiger partial charge in [0.2, 0.25) is 0 Å². The van der Waals surface area contributed by atoms with E-state index in [1.807, 2.05) is 24.3 Å². The second-order valence-corrected chi connectivity index (χ2v) is 16.7. The van der Waals surface area contributed by atoms with Crippen molar-refractivity contribution >= 4 is 76.1 Å². The lowest BCUT2D eigenvalue weighted by Gasteiger charge is -2.14. The van der Waals surface area contributed by atoms with Gasteiger partial charge in [-0.15, -0.1) is 22.7 Å². The summed E-state index contributed by atoms with van der Waals surface area (Å²) in [6.07, 6.45) is 7.67. The molecule has 4 aromatic heterocycles. The van der Waals surface area contributed by atoms with E-state index >= 15 is 0 Å². The predicted molar refractivity (Wildman–Crippen MR) is 194 cm³/mol. The number of hydrogen-bond acceptors (Lipinski definition) is 6. The molecule has 0 aliphatic heterocycles. The number of rotatable bonds is 14. The van der Waals surface area contributed by atoms with E-state index in [1.54, 1.807) is 0 Å². The highest BCUT2D eigenvalue weighted by Gasteiger charge is 2.32. The molecule has 6 nitrogen and oxygen atoms in total. The van der Waals surface area contributed by atoms with Gasteiger partial charge in [-0.2, -0.15) is 0 Å². The van der Waals surface area contributed by atoms with Gasteiger partial charge in [0.1, 0.15) is 0 Å². The predicted octanol–water partition coefficient (Wildman–Crippen LogP) is 9.33. The van der Waals surface area contributed by atoms with Gasteiger partial charge in [-0.3, -0.25) is 28.3 Å². The van der Waals surface area contributed by atoms with Crippen molar-refractivity contribution in [2.24, 2.45) is 11.8 Å². The zero-order valence-corrected chi connectivity index (χ0v) is 30.4. The number of fused-ring (bicyclic) bond motifs is 2. The van der Waals surface area contributed by atoms with Crippen molar-refractivity contribution in [3.8, 4) is 20.9 Å². The van der Waals surface area contributed by atoms with Gasteiger partial charge in [0, 0.05) is 34.0 Å². The zero-order valence-electron chi connectivity index (χ0n) is 25.6. The Kier molecular flexibility index (Phi) is 10.6. The first kappa shape index (κ1) is 33.2. The minimum absolute atomic E-state index is 0.176. The molecule has 0 saturated heterocycles. The van der Waals surface area contributed by atoms with Gasteiger partial charge in [0.15, 0.2) is 0 Å². The van der Waals surface area contributed by atoms with Crippen LogP contribution in [-0.2, 0) is 13.1 Å². The maximum absolute atomic E-state index is 14.4. The van der Waals surface area contributed by atoms with E-state index in [4.69, 9.17) is 0 Å². The van der Waals surface area contributed by atoms with E-state index < -0.39 is 0 Å². The third kappa shape index (κ3) is 6.04. The highest BCUT2D eigenvalue weighted by atomic mass is 79.9. The second kappa shape index (κ2) is 14.1. The monoisotopic (exact) mass is 760 g/mol. The topological polar surface area (TPSA) is 78.1 Å². The molecule has 44 heavy (non-hydrogen) atoms. The van der Waals surface area contributed by atoms with Gasteiger partial charge < -0.3 is 0 Å². The smallest absolute Gasteiger partial charge is 0.262 e. The van der Waals surface area contributed by atoms with Gasteiger partial charge in [-0.05, 0) is 80.8 Å². The fourth-order valence-electron chi connectivity index (χ4n) is 6.40. The Bertz CT molecular complexity index is 1780. The molecule has 2 atom stereocenters. The van der Waals surface area contributed by atoms with E-state index in [-0.39, 0.29) is 55.6 Å². The lowest BCUT2D eigenvalue weighted by molar-refractivity contribution is 0.384. The van der Waals surface area contributed by atoms with Crippen LogP contribution >= 0.6 is 54.5 Å². The maximum Gasteiger partial charge on any atom is 0.262 e. The average Bonchev–Trinajstić information content (AvgIpc) is 3.76. The Morgan fingerprint density at radius 3 is 1.18 bits per heavy atom. The molecular weight excluding hydrogens is 724 g/mol. The Balaban J connectivity index is 1.94. The standard InChI is InChI=1S/C34H38Br2N2O4S2/c1-5-9-11-19(7-3)17-37-31(39)27-25(21-13-15-23(35)43-21)29-30(26(28(27)32(37)40)22-14-16-24(36)44-22)34(42)38(33(29)41)18-20(8-4)12-10-6-2/h13-16,19-20H,5-12,17-18H2,1-4H3. The molecule has 0 bridgehead atoms. The summed E-state index contributed by atoms with van der Waals surface area (Å²) in [6, 6.07) is 7.46. The highest BCUT2D eigenvalue weighted by Crippen LogP contribution is 2.44. The molecule has 4 heterocycles. The Labute approximate surface area is 281 Å². The molecule has 0 radical (unpaired) electrons. The quantitative estimate of drug-likeness (QED) is 0.113. The van der Waals surface area contributed by atoms with Crippen molar-refractivity contribution in [1.29, 1.82) is 0 Å². The van der Waals surface area contributed by atoms with Crippen LogP contribution in [0.5, 0.6) is 0 Å². The third-order valence-electron chi connectivity index (χ3n) is 8.94. The molecule has 5 rings (SSSR count). The Morgan fingerprint density at radius 1 is 0.591 bits per heavy atom. The van der Waals surface area contributed by atoms with Crippen molar-refractivity contribution < 1.29 is 0 Å². The van der Waals surface area contributed by atoms with Crippen LogP contribution in [0.3, 0.4) is 0 Å². The van der Waals surface area contributed by atoms with E-state index in [1.165, 1.54) is 31.8 Å². The van der Waals surface area contributed by atoms with Crippen LogP contribution < -0.4 is 22.2 Å². The fraction of sp³-hybridized carbons (Fsp3) is 0.471. The van der Waals surface area contributed by atoms with E-state index in [0.717, 1.165) is 58.9 Å². The summed E-state index contributed by atoms with van der Waals surface area (Å²) in [7, 11) is 0. The van der Waals surface area contributed by atoms with Crippen LogP contribution in [0.4, 0.5) is 0 Å². The minimum atomic E-state index is -0.382. The molecule has 0 aliphatic carbocycles. The van der Waals surface area contributed by atoms with Crippen molar-refractivity contribution in [1.82, 2.24) is 9.13 Å². The summed E-state index contributed by atoms with van der Waals surface area (Å²) in [5, 5.41) is 0.978. The van der Waals surface area contributed by atoms with Gasteiger partial charge >= 0.3 is 0 Å². The summed E-state index contributed by atoms with van der Waals surface area (Å²) in [4.78, 5) is 59.0. The van der Waals surface area contributed by atoms with Crippen molar-refractivity contribution in [2.75, 3.05) is 0 Å². The fourth-order valence-corrected chi connectivity index (χ4v) is 9.29. The first-order valence-corrected chi connectivity index (χ1v) is 18.9. The largest absolute Gasteiger partial charge is 0.274 e. The SMILES string of the molecule is CCCCC(CC)Cn1c(=O)c2c(-c3ccc(Br)s3)c3c(=O)n(CC(CC)CCCC)c(=O)c3c(-c3ccc(Br)s3)c2c1=O. The van der Waals surface area contributed by atoms with Gasteiger partial charge in [-0.1, -0.05) is 66.2 Å². The lowest BCUT2D eigenvalue weighted by Crippen LogP contribution is -2.29. The molecule has 10 heteroatoms. The van der Waals surface area contributed by atoms with Gasteiger partial charge in [-0.25, -0.2) is 0 Å². The maximum atomic E-state index is 14.4. The van der Waals surface area contributed by atoms with Crippen molar-refractivity contribution in [2.45, 2.75) is 92.2 Å². The Hall–Kier alpha value is -2.14. The molecule has 0 aliphatic rings. The molecule has 0 amide bonds. The summed E-state index contributed by atoms with van der Waals surface area (Å²) in [6.45, 7) is 9.09. The molecule has 0 spiro atoms. The average molecular weight is 763 g/mol. The highest BCUT2D eigenvalue weighted by molar-refractivity contribution is 9.11. The van der Waals surface area contributed by atoms with Crippen LogP contribution in [0.25, 0.3) is 42.4 Å². The molecule has 234 valence electrons. The second-order valence-electron chi connectivity index (χ2n) is 11.7. The zero-order chi connectivity index (χ0) is 31.7. The van der Waals surface area contributed by atoms with Crippen LogP contribution in [0.2, 0.25) is 0 Å². The minimum Gasteiger partial charge on any atom is -0.274 e. The van der Waals surface area contributed by atoms with Crippen LogP contribution in [0, 0.1) is 11.8 Å². The first-order chi connectivity index (χ1) is 21.2. The van der Waals surface area contributed by atoms with Crippen LogP contribution in [0.15, 0.2) is 51.0 Å². The van der Waals surface area contributed by atoms with Crippen LogP contribution in [0.1, 0.15) is 79.1 Å². The lowest BCUT2D eigenvalue weighted by atomic mass is 9.95. The molecule has 1 aromatic carbocycles.